The first-order chi connectivity index (χ1) is 10.9. The van der Waals surface area contributed by atoms with Gasteiger partial charge in [0, 0.05) is 16.6 Å². The first-order valence-corrected chi connectivity index (χ1v) is 8.39. The van der Waals surface area contributed by atoms with E-state index in [0.29, 0.717) is 6.54 Å². The summed E-state index contributed by atoms with van der Waals surface area (Å²) in [5, 5.41) is 2.87. The highest BCUT2D eigenvalue weighted by atomic mass is 79.9. The SMILES string of the molecule is CC(C)(C)c1cc(Br)ccc1OCC(=O)NCc1ccccc1. The monoisotopic (exact) mass is 375 g/mol. The van der Waals surface area contributed by atoms with E-state index in [1.807, 2.05) is 48.5 Å². The van der Waals surface area contributed by atoms with Crippen LogP contribution in [0.2, 0.25) is 0 Å². The lowest BCUT2D eigenvalue weighted by molar-refractivity contribution is -0.123. The van der Waals surface area contributed by atoms with Crippen LogP contribution in [-0.2, 0) is 16.8 Å². The third kappa shape index (κ3) is 5.39. The molecule has 2 rings (SSSR count). The number of benzene rings is 2. The summed E-state index contributed by atoms with van der Waals surface area (Å²) < 4.78 is 6.74. The van der Waals surface area contributed by atoms with Crippen LogP contribution in [0, 0.1) is 0 Å². The summed E-state index contributed by atoms with van der Waals surface area (Å²) in [6.45, 7) is 6.89. The molecular formula is C19H22BrNO2. The average molecular weight is 376 g/mol. The van der Waals surface area contributed by atoms with Crippen molar-refractivity contribution in [3.05, 3.63) is 64.1 Å². The molecule has 1 N–H and O–H groups in total. The average Bonchev–Trinajstić information content (AvgIpc) is 2.52. The Balaban J connectivity index is 1.94. The Kier molecular flexibility index (Phi) is 5.83. The van der Waals surface area contributed by atoms with E-state index < -0.39 is 0 Å². The molecule has 2 aromatic rings. The Morgan fingerprint density at radius 3 is 2.48 bits per heavy atom. The summed E-state index contributed by atoms with van der Waals surface area (Å²) in [5.41, 5.74) is 2.09. The molecule has 0 aliphatic carbocycles. The minimum Gasteiger partial charge on any atom is -0.483 e. The van der Waals surface area contributed by atoms with Crippen LogP contribution in [0.15, 0.2) is 53.0 Å². The van der Waals surface area contributed by atoms with Crippen LogP contribution in [0.25, 0.3) is 0 Å². The topological polar surface area (TPSA) is 38.3 Å². The number of hydrogen-bond donors (Lipinski definition) is 1. The summed E-state index contributed by atoms with van der Waals surface area (Å²) in [5.74, 6) is 0.618. The van der Waals surface area contributed by atoms with Crippen molar-refractivity contribution in [3.8, 4) is 5.75 Å². The van der Waals surface area contributed by atoms with Gasteiger partial charge in [-0.2, -0.15) is 0 Å². The Hall–Kier alpha value is -1.81. The number of amides is 1. The first kappa shape index (κ1) is 17.5. The van der Waals surface area contributed by atoms with Gasteiger partial charge in [-0.25, -0.2) is 0 Å². The predicted octanol–water partition coefficient (Wildman–Crippen LogP) is 4.44. The Bertz CT molecular complexity index is 663. The maximum absolute atomic E-state index is 12.0. The molecule has 0 spiro atoms. The molecular weight excluding hydrogens is 354 g/mol. The Labute approximate surface area is 146 Å². The fourth-order valence-electron chi connectivity index (χ4n) is 2.21. The molecule has 0 saturated heterocycles. The van der Waals surface area contributed by atoms with Gasteiger partial charge in [0.15, 0.2) is 6.61 Å². The highest BCUT2D eigenvalue weighted by molar-refractivity contribution is 9.10. The third-order valence-electron chi connectivity index (χ3n) is 3.44. The van der Waals surface area contributed by atoms with Gasteiger partial charge in [-0.05, 0) is 29.2 Å². The van der Waals surface area contributed by atoms with E-state index >= 15 is 0 Å². The zero-order chi connectivity index (χ0) is 16.9. The van der Waals surface area contributed by atoms with Crippen molar-refractivity contribution >= 4 is 21.8 Å². The largest absolute Gasteiger partial charge is 0.483 e. The normalized spacial score (nSPS) is 11.1. The molecule has 4 heteroatoms. The van der Waals surface area contributed by atoms with Gasteiger partial charge >= 0.3 is 0 Å². The Morgan fingerprint density at radius 2 is 1.83 bits per heavy atom. The number of halogens is 1. The summed E-state index contributed by atoms with van der Waals surface area (Å²) >= 11 is 3.48. The van der Waals surface area contributed by atoms with Gasteiger partial charge in [-0.1, -0.05) is 67.0 Å². The maximum Gasteiger partial charge on any atom is 0.258 e. The zero-order valence-electron chi connectivity index (χ0n) is 13.7. The van der Waals surface area contributed by atoms with Gasteiger partial charge in [0.25, 0.3) is 5.91 Å². The molecule has 0 fully saturated rings. The lowest BCUT2D eigenvalue weighted by Crippen LogP contribution is -2.29. The number of ether oxygens (including phenoxy) is 1. The van der Waals surface area contributed by atoms with Gasteiger partial charge in [-0.15, -0.1) is 0 Å². The molecule has 0 heterocycles. The summed E-state index contributed by atoms with van der Waals surface area (Å²) in [7, 11) is 0. The molecule has 0 radical (unpaired) electrons. The second-order valence-electron chi connectivity index (χ2n) is 6.44. The molecule has 0 unspecified atom stereocenters. The second-order valence-corrected chi connectivity index (χ2v) is 7.36. The van der Waals surface area contributed by atoms with Crippen LogP contribution in [0.1, 0.15) is 31.9 Å². The van der Waals surface area contributed by atoms with E-state index in [-0.39, 0.29) is 17.9 Å². The van der Waals surface area contributed by atoms with Crippen LogP contribution >= 0.6 is 15.9 Å². The Morgan fingerprint density at radius 1 is 1.13 bits per heavy atom. The molecule has 0 aliphatic heterocycles. The van der Waals surface area contributed by atoms with Crippen LogP contribution < -0.4 is 10.1 Å². The van der Waals surface area contributed by atoms with Gasteiger partial charge in [0.2, 0.25) is 0 Å². The standard InChI is InChI=1S/C19H22BrNO2/c1-19(2,3)16-11-15(20)9-10-17(16)23-13-18(22)21-12-14-7-5-4-6-8-14/h4-11H,12-13H2,1-3H3,(H,21,22). The van der Waals surface area contributed by atoms with E-state index in [1.54, 1.807) is 0 Å². The molecule has 0 aromatic heterocycles. The lowest BCUT2D eigenvalue weighted by Gasteiger charge is -2.23. The van der Waals surface area contributed by atoms with Crippen LogP contribution in [-0.4, -0.2) is 12.5 Å². The van der Waals surface area contributed by atoms with Crippen molar-refractivity contribution in [2.75, 3.05) is 6.61 Å². The first-order valence-electron chi connectivity index (χ1n) is 7.60. The van der Waals surface area contributed by atoms with E-state index in [9.17, 15) is 4.79 Å². The third-order valence-corrected chi connectivity index (χ3v) is 3.93. The van der Waals surface area contributed by atoms with Crippen LogP contribution in [0.5, 0.6) is 5.75 Å². The number of nitrogens with one attached hydrogen (secondary N) is 1. The molecule has 23 heavy (non-hydrogen) atoms. The zero-order valence-corrected chi connectivity index (χ0v) is 15.3. The van der Waals surface area contributed by atoms with Crippen molar-refractivity contribution in [3.63, 3.8) is 0 Å². The van der Waals surface area contributed by atoms with E-state index in [0.717, 1.165) is 21.3 Å². The molecule has 0 bridgehead atoms. The van der Waals surface area contributed by atoms with E-state index in [1.165, 1.54) is 0 Å². The summed E-state index contributed by atoms with van der Waals surface area (Å²) in [6, 6.07) is 15.7. The van der Waals surface area contributed by atoms with Crippen molar-refractivity contribution in [1.29, 1.82) is 0 Å². The molecule has 0 aliphatic rings. The minimum atomic E-state index is -0.128. The molecule has 0 saturated carbocycles. The fraction of sp³-hybridized carbons (Fsp3) is 0.316. The lowest BCUT2D eigenvalue weighted by atomic mass is 9.86. The number of carbonyl (C=O) groups is 1. The summed E-state index contributed by atoms with van der Waals surface area (Å²) in [6.07, 6.45) is 0. The minimum absolute atomic E-state index is 0.0115. The predicted molar refractivity (Wildman–Crippen MR) is 96.6 cm³/mol. The van der Waals surface area contributed by atoms with Crippen molar-refractivity contribution in [1.82, 2.24) is 5.32 Å². The quantitative estimate of drug-likeness (QED) is 0.838. The molecule has 1 amide bonds. The van der Waals surface area contributed by atoms with Crippen molar-refractivity contribution in [2.45, 2.75) is 32.7 Å². The maximum atomic E-state index is 12.0. The molecule has 0 atom stereocenters. The highest BCUT2D eigenvalue weighted by Gasteiger charge is 2.19. The van der Waals surface area contributed by atoms with Gasteiger partial charge < -0.3 is 10.1 Å². The smallest absolute Gasteiger partial charge is 0.258 e. The van der Waals surface area contributed by atoms with Gasteiger partial charge in [0.1, 0.15) is 5.75 Å². The van der Waals surface area contributed by atoms with E-state index in [4.69, 9.17) is 4.74 Å². The van der Waals surface area contributed by atoms with Gasteiger partial charge in [0.05, 0.1) is 0 Å². The van der Waals surface area contributed by atoms with Crippen LogP contribution in [0.4, 0.5) is 0 Å². The molecule has 122 valence electrons. The van der Waals surface area contributed by atoms with E-state index in [2.05, 4.69) is 42.0 Å². The van der Waals surface area contributed by atoms with Crippen LogP contribution in [0.3, 0.4) is 0 Å². The summed E-state index contributed by atoms with van der Waals surface area (Å²) in [4.78, 5) is 12.0. The molecule has 2 aromatic carbocycles. The second kappa shape index (κ2) is 7.64. The molecule has 3 nitrogen and oxygen atoms in total. The fourth-order valence-corrected chi connectivity index (χ4v) is 2.57. The number of carbonyl (C=O) groups excluding carboxylic acids is 1. The van der Waals surface area contributed by atoms with Crippen molar-refractivity contribution in [2.24, 2.45) is 0 Å². The van der Waals surface area contributed by atoms with Crippen molar-refractivity contribution < 1.29 is 9.53 Å². The highest BCUT2D eigenvalue weighted by Crippen LogP contribution is 2.33. The number of rotatable bonds is 5. The number of hydrogen-bond acceptors (Lipinski definition) is 2. The van der Waals surface area contributed by atoms with Gasteiger partial charge in [-0.3, -0.25) is 4.79 Å².